The van der Waals surface area contributed by atoms with Crippen molar-refractivity contribution in [3.8, 4) is 23.7 Å². The van der Waals surface area contributed by atoms with E-state index in [1.165, 1.54) is 5.56 Å². The number of ether oxygens (including phenoxy) is 1. The maximum absolute atomic E-state index is 9.40. The molecule has 0 aliphatic heterocycles. The van der Waals surface area contributed by atoms with Crippen LogP contribution in [0.25, 0.3) is 10.9 Å². The summed E-state index contributed by atoms with van der Waals surface area (Å²) >= 11 is 0. The standard InChI is InChI=1S/C19H14N2O/c1-13-3-5-14(6-4-13)7-10-18-17(12-20)16-9-8-15(22-2)11-19(16)21-18/h3-6,8-9,11,21H,1-2H3. The second-order valence-corrected chi connectivity index (χ2v) is 5.01. The predicted octanol–water partition coefficient (Wildman–Crippen LogP) is 3.76. The van der Waals surface area contributed by atoms with E-state index in [4.69, 9.17) is 4.74 Å². The van der Waals surface area contributed by atoms with Gasteiger partial charge >= 0.3 is 0 Å². The first-order valence-electron chi connectivity index (χ1n) is 6.90. The molecular weight excluding hydrogens is 272 g/mol. The number of nitrogens with zero attached hydrogens (tertiary/aromatic N) is 1. The SMILES string of the molecule is COc1ccc2c(C#N)c(C#Cc3ccc(C)cc3)[nH]c2c1. The van der Waals surface area contributed by atoms with E-state index in [9.17, 15) is 5.26 Å². The van der Waals surface area contributed by atoms with Gasteiger partial charge in [-0.05, 0) is 37.1 Å². The highest BCUT2D eigenvalue weighted by atomic mass is 16.5. The van der Waals surface area contributed by atoms with E-state index >= 15 is 0 Å². The van der Waals surface area contributed by atoms with Gasteiger partial charge in [-0.3, -0.25) is 0 Å². The molecule has 0 aliphatic rings. The van der Waals surface area contributed by atoms with E-state index in [2.05, 4.69) is 22.9 Å². The Morgan fingerprint density at radius 2 is 1.82 bits per heavy atom. The van der Waals surface area contributed by atoms with Crippen LogP contribution >= 0.6 is 0 Å². The third-order valence-corrected chi connectivity index (χ3v) is 3.50. The Morgan fingerprint density at radius 3 is 2.50 bits per heavy atom. The average molecular weight is 286 g/mol. The van der Waals surface area contributed by atoms with Gasteiger partial charge in [-0.1, -0.05) is 23.6 Å². The highest BCUT2D eigenvalue weighted by Crippen LogP contribution is 2.25. The lowest BCUT2D eigenvalue weighted by Gasteiger charge is -1.97. The summed E-state index contributed by atoms with van der Waals surface area (Å²) in [6, 6.07) is 15.8. The molecular formula is C19H14N2O. The van der Waals surface area contributed by atoms with Crippen molar-refractivity contribution in [2.75, 3.05) is 7.11 Å². The molecule has 3 rings (SSSR count). The molecule has 0 aliphatic carbocycles. The summed E-state index contributed by atoms with van der Waals surface area (Å²) < 4.78 is 5.21. The number of aromatic nitrogens is 1. The van der Waals surface area contributed by atoms with Crippen LogP contribution in [0.2, 0.25) is 0 Å². The summed E-state index contributed by atoms with van der Waals surface area (Å²) in [5.74, 6) is 6.89. The fourth-order valence-electron chi connectivity index (χ4n) is 2.29. The molecule has 0 amide bonds. The van der Waals surface area contributed by atoms with E-state index in [0.717, 1.165) is 22.2 Å². The van der Waals surface area contributed by atoms with Crippen molar-refractivity contribution < 1.29 is 4.74 Å². The van der Waals surface area contributed by atoms with Crippen molar-refractivity contribution in [2.45, 2.75) is 6.92 Å². The second kappa shape index (κ2) is 5.68. The summed E-state index contributed by atoms with van der Waals surface area (Å²) in [5, 5.41) is 10.3. The van der Waals surface area contributed by atoms with Crippen molar-refractivity contribution in [1.82, 2.24) is 4.98 Å². The normalized spacial score (nSPS) is 9.86. The molecule has 3 heteroatoms. The molecule has 1 heterocycles. The van der Waals surface area contributed by atoms with Gasteiger partial charge in [-0.25, -0.2) is 0 Å². The van der Waals surface area contributed by atoms with Gasteiger partial charge in [0.1, 0.15) is 17.5 Å². The number of aromatic amines is 1. The van der Waals surface area contributed by atoms with Gasteiger partial charge in [0, 0.05) is 17.0 Å². The minimum absolute atomic E-state index is 0.567. The second-order valence-electron chi connectivity index (χ2n) is 5.01. The molecule has 22 heavy (non-hydrogen) atoms. The fraction of sp³-hybridized carbons (Fsp3) is 0.105. The molecule has 1 N–H and O–H groups in total. The smallest absolute Gasteiger partial charge is 0.120 e. The number of nitrogens with one attached hydrogen (secondary N) is 1. The summed E-state index contributed by atoms with van der Waals surface area (Å²) in [6.07, 6.45) is 0. The third-order valence-electron chi connectivity index (χ3n) is 3.50. The number of hydrogen-bond acceptors (Lipinski definition) is 2. The summed E-state index contributed by atoms with van der Waals surface area (Å²) in [4.78, 5) is 3.20. The minimum atomic E-state index is 0.567. The molecule has 3 nitrogen and oxygen atoms in total. The molecule has 0 fully saturated rings. The first kappa shape index (κ1) is 13.8. The Morgan fingerprint density at radius 1 is 1.05 bits per heavy atom. The molecule has 0 spiro atoms. The van der Waals surface area contributed by atoms with Crippen LogP contribution in [0.4, 0.5) is 0 Å². The van der Waals surface area contributed by atoms with Crippen LogP contribution in [0.5, 0.6) is 5.75 Å². The number of nitriles is 1. The topological polar surface area (TPSA) is 48.8 Å². The van der Waals surface area contributed by atoms with Gasteiger partial charge in [0.25, 0.3) is 0 Å². The van der Waals surface area contributed by atoms with E-state index in [0.29, 0.717) is 11.3 Å². The predicted molar refractivity (Wildman–Crippen MR) is 86.7 cm³/mol. The van der Waals surface area contributed by atoms with Gasteiger partial charge in [-0.15, -0.1) is 0 Å². The third kappa shape index (κ3) is 2.53. The summed E-state index contributed by atoms with van der Waals surface area (Å²) in [5.41, 5.74) is 4.17. The maximum atomic E-state index is 9.40. The summed E-state index contributed by atoms with van der Waals surface area (Å²) in [6.45, 7) is 2.04. The molecule has 2 aromatic carbocycles. The number of fused-ring (bicyclic) bond motifs is 1. The largest absolute Gasteiger partial charge is 0.497 e. The molecule has 106 valence electrons. The fourth-order valence-corrected chi connectivity index (χ4v) is 2.29. The summed E-state index contributed by atoms with van der Waals surface area (Å²) in [7, 11) is 1.62. The molecule has 0 unspecified atom stereocenters. The zero-order valence-electron chi connectivity index (χ0n) is 12.4. The van der Waals surface area contributed by atoms with Crippen LogP contribution in [0.3, 0.4) is 0 Å². The van der Waals surface area contributed by atoms with Crippen molar-refractivity contribution in [3.05, 3.63) is 64.8 Å². The maximum Gasteiger partial charge on any atom is 0.120 e. The van der Waals surface area contributed by atoms with Gasteiger partial charge < -0.3 is 9.72 Å². The zero-order valence-corrected chi connectivity index (χ0v) is 12.4. The van der Waals surface area contributed by atoms with Crippen molar-refractivity contribution in [1.29, 1.82) is 5.26 Å². The number of benzene rings is 2. The average Bonchev–Trinajstić information content (AvgIpc) is 2.90. The minimum Gasteiger partial charge on any atom is -0.497 e. The van der Waals surface area contributed by atoms with E-state index < -0.39 is 0 Å². The lowest BCUT2D eigenvalue weighted by molar-refractivity contribution is 0.415. The van der Waals surface area contributed by atoms with Gasteiger partial charge in [0.15, 0.2) is 0 Å². The van der Waals surface area contributed by atoms with Crippen LogP contribution < -0.4 is 4.74 Å². The molecule has 0 radical (unpaired) electrons. The molecule has 0 saturated heterocycles. The van der Waals surface area contributed by atoms with Crippen LogP contribution in [-0.2, 0) is 0 Å². The number of methoxy groups -OCH3 is 1. The van der Waals surface area contributed by atoms with Gasteiger partial charge in [-0.2, -0.15) is 5.26 Å². The number of rotatable bonds is 1. The van der Waals surface area contributed by atoms with Crippen LogP contribution in [0.15, 0.2) is 42.5 Å². The van der Waals surface area contributed by atoms with Crippen molar-refractivity contribution >= 4 is 10.9 Å². The van der Waals surface area contributed by atoms with E-state index in [-0.39, 0.29) is 0 Å². The lowest BCUT2D eigenvalue weighted by atomic mass is 10.1. The Kier molecular flexibility index (Phi) is 3.56. The molecule has 0 bridgehead atoms. The van der Waals surface area contributed by atoms with Gasteiger partial charge in [0.05, 0.1) is 18.2 Å². The van der Waals surface area contributed by atoms with Crippen LogP contribution in [0.1, 0.15) is 22.4 Å². The number of H-pyrrole nitrogens is 1. The Labute approximate surface area is 129 Å². The lowest BCUT2D eigenvalue weighted by Crippen LogP contribution is -1.81. The highest BCUT2D eigenvalue weighted by molar-refractivity contribution is 5.89. The molecule has 1 aromatic heterocycles. The Bertz CT molecular complexity index is 932. The van der Waals surface area contributed by atoms with Crippen LogP contribution in [0, 0.1) is 30.1 Å². The Hall–Kier alpha value is -3.17. The van der Waals surface area contributed by atoms with Crippen molar-refractivity contribution in [3.63, 3.8) is 0 Å². The van der Waals surface area contributed by atoms with E-state index in [1.54, 1.807) is 7.11 Å². The molecule has 0 atom stereocenters. The Balaban J connectivity index is 2.07. The van der Waals surface area contributed by atoms with Gasteiger partial charge in [0.2, 0.25) is 0 Å². The van der Waals surface area contributed by atoms with Crippen molar-refractivity contribution in [2.24, 2.45) is 0 Å². The van der Waals surface area contributed by atoms with Crippen LogP contribution in [-0.4, -0.2) is 12.1 Å². The number of aryl methyl sites for hydroxylation is 1. The quantitative estimate of drug-likeness (QED) is 0.692. The molecule has 3 aromatic rings. The number of hydrogen-bond donors (Lipinski definition) is 1. The monoisotopic (exact) mass is 286 g/mol. The highest BCUT2D eigenvalue weighted by Gasteiger charge is 2.10. The molecule has 0 saturated carbocycles. The first-order valence-corrected chi connectivity index (χ1v) is 6.90. The first-order chi connectivity index (χ1) is 10.7. The zero-order chi connectivity index (χ0) is 15.5. The van der Waals surface area contributed by atoms with E-state index in [1.807, 2.05) is 49.4 Å².